The number of halogens is 1. The lowest BCUT2D eigenvalue weighted by atomic mass is 10.2. The van der Waals surface area contributed by atoms with Gasteiger partial charge in [0.15, 0.2) is 0 Å². The van der Waals surface area contributed by atoms with Crippen LogP contribution in [0, 0.1) is 0 Å². The minimum atomic E-state index is -3.37. The van der Waals surface area contributed by atoms with Gasteiger partial charge in [-0.05, 0) is 18.6 Å². The first-order valence-corrected chi connectivity index (χ1v) is 8.16. The third kappa shape index (κ3) is 4.66. The molecule has 5 nitrogen and oxygen atoms in total. The second kappa shape index (κ2) is 6.19. The summed E-state index contributed by atoms with van der Waals surface area (Å²) >= 11 is 3.23. The summed E-state index contributed by atoms with van der Waals surface area (Å²) in [6.45, 7) is 1.87. The Morgan fingerprint density at radius 2 is 1.89 bits per heavy atom. The van der Waals surface area contributed by atoms with Crippen LogP contribution in [0.15, 0.2) is 24.3 Å². The third-order valence-corrected chi connectivity index (χ3v) is 3.78. The van der Waals surface area contributed by atoms with Gasteiger partial charge in [-0.2, -0.15) is 0 Å². The van der Waals surface area contributed by atoms with Crippen LogP contribution in [-0.2, 0) is 14.8 Å². The van der Waals surface area contributed by atoms with E-state index in [2.05, 4.69) is 26.0 Å². The summed E-state index contributed by atoms with van der Waals surface area (Å²) in [4.78, 5) is 11.4. The fourth-order valence-corrected chi connectivity index (χ4v) is 1.97. The molecule has 0 aliphatic carbocycles. The molecule has 0 bridgehead atoms. The van der Waals surface area contributed by atoms with Gasteiger partial charge in [0.25, 0.3) is 0 Å². The Kier molecular flexibility index (Phi) is 5.15. The molecule has 2 N–H and O–H groups in total. The summed E-state index contributed by atoms with van der Waals surface area (Å²) in [6, 6.07) is 6.64. The zero-order valence-electron chi connectivity index (χ0n) is 10.1. The van der Waals surface area contributed by atoms with E-state index in [-0.39, 0.29) is 10.7 Å². The molecule has 1 amide bonds. The number of carbonyl (C=O) groups is 1. The zero-order chi connectivity index (χ0) is 13.8. The molecular weight excluding hydrogens is 320 g/mol. The van der Waals surface area contributed by atoms with E-state index >= 15 is 0 Å². The van der Waals surface area contributed by atoms with Gasteiger partial charge in [0.1, 0.15) is 0 Å². The van der Waals surface area contributed by atoms with Crippen LogP contribution in [0.3, 0.4) is 0 Å². The fourth-order valence-electron chi connectivity index (χ4n) is 1.28. The highest BCUT2D eigenvalue weighted by Gasteiger charge is 2.14. The molecule has 1 rings (SSSR count). The minimum Gasteiger partial charge on any atom is -0.323 e. The Labute approximate surface area is 115 Å². The highest BCUT2D eigenvalue weighted by Crippen LogP contribution is 2.22. The van der Waals surface area contributed by atoms with Crippen LogP contribution in [0.2, 0.25) is 0 Å². The van der Waals surface area contributed by atoms with Gasteiger partial charge >= 0.3 is 0 Å². The van der Waals surface area contributed by atoms with Crippen LogP contribution in [-0.4, -0.2) is 25.4 Å². The highest BCUT2D eigenvalue weighted by atomic mass is 79.9. The summed E-state index contributed by atoms with van der Waals surface area (Å²) in [5.41, 5.74) is 0.787. The Hall–Kier alpha value is -1.08. The number of alkyl halides is 1. The molecule has 0 radical (unpaired) electrons. The van der Waals surface area contributed by atoms with E-state index in [9.17, 15) is 13.2 Å². The van der Waals surface area contributed by atoms with Gasteiger partial charge in [0.05, 0.1) is 22.5 Å². The molecule has 1 aromatic rings. The van der Waals surface area contributed by atoms with E-state index in [1.165, 1.54) is 0 Å². The summed E-state index contributed by atoms with van der Waals surface area (Å²) in [5.74, 6) is -0.208. The number of hydrogen-bond acceptors (Lipinski definition) is 3. The van der Waals surface area contributed by atoms with Crippen molar-refractivity contribution in [1.29, 1.82) is 0 Å². The molecule has 0 aromatic heterocycles. The molecule has 0 saturated carbocycles. The lowest BCUT2D eigenvalue weighted by molar-refractivity contribution is -0.115. The molecule has 0 saturated heterocycles. The lowest BCUT2D eigenvalue weighted by Crippen LogP contribution is -2.23. The maximum absolute atomic E-state index is 11.7. The molecule has 18 heavy (non-hydrogen) atoms. The lowest BCUT2D eigenvalue weighted by Gasteiger charge is -2.13. The largest absolute Gasteiger partial charge is 0.323 e. The van der Waals surface area contributed by atoms with E-state index in [1.54, 1.807) is 24.3 Å². The van der Waals surface area contributed by atoms with Crippen LogP contribution < -0.4 is 10.0 Å². The average Bonchev–Trinajstić information content (AvgIpc) is 2.28. The maximum Gasteiger partial charge on any atom is 0.238 e. The minimum absolute atomic E-state index is 0.208. The van der Waals surface area contributed by atoms with Gasteiger partial charge in [0, 0.05) is 0 Å². The first kappa shape index (κ1) is 15.0. The molecule has 100 valence electrons. The smallest absolute Gasteiger partial charge is 0.238 e. The molecular formula is C11H15BrN2O3S. The third-order valence-electron chi connectivity index (χ3n) is 2.12. The van der Waals surface area contributed by atoms with E-state index in [1.807, 2.05) is 6.92 Å². The van der Waals surface area contributed by atoms with Gasteiger partial charge in [-0.25, -0.2) is 8.42 Å². The van der Waals surface area contributed by atoms with E-state index < -0.39 is 10.0 Å². The first-order chi connectivity index (χ1) is 8.33. The molecule has 7 heteroatoms. The van der Waals surface area contributed by atoms with Gasteiger partial charge in [0.2, 0.25) is 15.9 Å². The van der Waals surface area contributed by atoms with Crippen LogP contribution in [0.25, 0.3) is 0 Å². The molecule has 1 unspecified atom stereocenters. The summed E-state index contributed by atoms with van der Waals surface area (Å²) in [6.07, 6.45) is 1.71. The van der Waals surface area contributed by atoms with Crippen molar-refractivity contribution < 1.29 is 13.2 Å². The molecule has 0 aliphatic heterocycles. The number of rotatable bonds is 5. The molecule has 0 aliphatic rings. The molecule has 0 heterocycles. The van der Waals surface area contributed by atoms with Crippen molar-refractivity contribution in [2.24, 2.45) is 0 Å². The van der Waals surface area contributed by atoms with Crippen LogP contribution in [0.4, 0.5) is 11.4 Å². The molecule has 1 aromatic carbocycles. The predicted molar refractivity (Wildman–Crippen MR) is 76.5 cm³/mol. The number of sulfonamides is 1. The SMILES string of the molecule is CCC(Br)C(=O)Nc1ccccc1NS(C)(=O)=O. The Balaban J connectivity index is 2.93. The van der Waals surface area contributed by atoms with Crippen LogP contribution in [0.5, 0.6) is 0 Å². The maximum atomic E-state index is 11.7. The number of para-hydroxylation sites is 2. The van der Waals surface area contributed by atoms with E-state index in [0.717, 1.165) is 6.26 Å². The van der Waals surface area contributed by atoms with Gasteiger partial charge in [-0.15, -0.1) is 0 Å². The zero-order valence-corrected chi connectivity index (χ0v) is 12.5. The monoisotopic (exact) mass is 334 g/mol. The number of amides is 1. The summed E-state index contributed by atoms with van der Waals surface area (Å²) in [5, 5.41) is 2.67. The Morgan fingerprint density at radius 3 is 2.39 bits per heavy atom. The van der Waals surface area contributed by atoms with Crippen molar-refractivity contribution in [1.82, 2.24) is 0 Å². The summed E-state index contributed by atoms with van der Waals surface area (Å²) < 4.78 is 24.7. The number of anilines is 2. The number of nitrogens with one attached hydrogen (secondary N) is 2. The Bertz CT molecular complexity index is 531. The van der Waals surface area contributed by atoms with Crippen molar-refractivity contribution in [2.45, 2.75) is 18.2 Å². The molecule has 0 spiro atoms. The van der Waals surface area contributed by atoms with Gasteiger partial charge in [-0.1, -0.05) is 35.0 Å². The van der Waals surface area contributed by atoms with Gasteiger partial charge < -0.3 is 5.32 Å². The average molecular weight is 335 g/mol. The Morgan fingerprint density at radius 1 is 1.33 bits per heavy atom. The fraction of sp³-hybridized carbons (Fsp3) is 0.364. The normalized spacial score (nSPS) is 12.8. The number of benzene rings is 1. The topological polar surface area (TPSA) is 75.3 Å². The number of carbonyl (C=O) groups excluding carboxylic acids is 1. The summed E-state index contributed by atoms with van der Waals surface area (Å²) in [7, 11) is -3.37. The van der Waals surface area contributed by atoms with Crippen molar-refractivity contribution in [2.75, 3.05) is 16.3 Å². The molecule has 1 atom stereocenters. The van der Waals surface area contributed by atoms with E-state index in [0.29, 0.717) is 17.8 Å². The van der Waals surface area contributed by atoms with E-state index in [4.69, 9.17) is 0 Å². The van der Waals surface area contributed by atoms with Gasteiger partial charge in [-0.3, -0.25) is 9.52 Å². The van der Waals surface area contributed by atoms with Crippen LogP contribution in [0.1, 0.15) is 13.3 Å². The highest BCUT2D eigenvalue weighted by molar-refractivity contribution is 9.10. The van der Waals surface area contributed by atoms with Crippen molar-refractivity contribution in [3.63, 3.8) is 0 Å². The second-order valence-corrected chi connectivity index (χ2v) is 6.64. The quantitative estimate of drug-likeness (QED) is 0.810. The first-order valence-electron chi connectivity index (χ1n) is 5.35. The standard InChI is InChI=1S/C11H15BrN2O3S/c1-3-8(12)11(15)13-9-6-4-5-7-10(9)14-18(2,16)17/h4-8,14H,3H2,1-2H3,(H,13,15). The molecule has 0 fully saturated rings. The second-order valence-electron chi connectivity index (χ2n) is 3.78. The van der Waals surface area contributed by atoms with Crippen molar-refractivity contribution >= 4 is 43.2 Å². The number of hydrogen-bond donors (Lipinski definition) is 2. The van der Waals surface area contributed by atoms with Crippen molar-refractivity contribution in [3.8, 4) is 0 Å². The van der Waals surface area contributed by atoms with Crippen molar-refractivity contribution in [3.05, 3.63) is 24.3 Å². The predicted octanol–water partition coefficient (Wildman–Crippen LogP) is 2.17. The van der Waals surface area contributed by atoms with Crippen LogP contribution >= 0.6 is 15.9 Å².